The molecule has 82 valence electrons. The summed E-state index contributed by atoms with van der Waals surface area (Å²) in [6.45, 7) is 0. The first kappa shape index (κ1) is 10.7. The molecule has 0 fully saturated rings. The lowest BCUT2D eigenvalue weighted by Gasteiger charge is -2.04. The first-order chi connectivity index (χ1) is 7.36. The van der Waals surface area contributed by atoms with Crippen molar-refractivity contribution in [3.8, 4) is 0 Å². The summed E-state index contributed by atoms with van der Waals surface area (Å²) in [7, 11) is 0. The largest absolute Gasteiger partial charge is 0.294 e. The Hall–Kier alpha value is -0.850. The Labute approximate surface area is 92.3 Å². The fourth-order valence-electron chi connectivity index (χ4n) is 2.49. The summed E-state index contributed by atoms with van der Waals surface area (Å²) >= 11 is 0. The molecule has 0 aromatic rings. The van der Waals surface area contributed by atoms with E-state index in [0.29, 0.717) is 12.2 Å². The fourth-order valence-corrected chi connectivity index (χ4v) is 2.49. The second-order valence-corrected chi connectivity index (χ2v) is 4.68. The summed E-state index contributed by atoms with van der Waals surface area (Å²) < 4.78 is 0. The second kappa shape index (κ2) is 5.29. The highest BCUT2D eigenvalue weighted by atomic mass is 16.1. The van der Waals surface area contributed by atoms with Gasteiger partial charge in [0.1, 0.15) is 0 Å². The molecule has 2 rings (SSSR count). The van der Waals surface area contributed by atoms with Crippen molar-refractivity contribution in [1.82, 2.24) is 0 Å². The lowest BCUT2D eigenvalue weighted by atomic mass is 9.99. The Kier molecular flexibility index (Phi) is 3.76. The average Bonchev–Trinajstić information content (AvgIpc) is 2.58. The summed E-state index contributed by atoms with van der Waals surface area (Å²) in [4.78, 5) is 12.0. The van der Waals surface area contributed by atoms with Gasteiger partial charge in [0.2, 0.25) is 0 Å². The van der Waals surface area contributed by atoms with Crippen LogP contribution in [0.2, 0.25) is 0 Å². The second-order valence-electron chi connectivity index (χ2n) is 4.68. The number of ketones is 1. The van der Waals surface area contributed by atoms with Gasteiger partial charge in [-0.3, -0.25) is 4.79 Å². The van der Waals surface area contributed by atoms with Crippen molar-refractivity contribution in [2.45, 2.75) is 57.8 Å². The minimum atomic E-state index is 0.394. The van der Waals surface area contributed by atoms with Gasteiger partial charge in [-0.1, -0.05) is 24.1 Å². The van der Waals surface area contributed by atoms with E-state index in [2.05, 4.69) is 12.2 Å². The van der Waals surface area contributed by atoms with Crippen LogP contribution in [0, 0.1) is 0 Å². The topological polar surface area (TPSA) is 17.1 Å². The molecule has 15 heavy (non-hydrogen) atoms. The summed E-state index contributed by atoms with van der Waals surface area (Å²) in [6, 6.07) is 0. The third kappa shape index (κ3) is 3.05. The van der Waals surface area contributed by atoms with Gasteiger partial charge in [-0.05, 0) is 50.5 Å². The molecule has 0 aromatic heterocycles. The van der Waals surface area contributed by atoms with Crippen molar-refractivity contribution in [2.75, 3.05) is 0 Å². The molecular weight excluding hydrogens is 184 g/mol. The van der Waals surface area contributed by atoms with E-state index in [0.717, 1.165) is 24.8 Å². The van der Waals surface area contributed by atoms with E-state index >= 15 is 0 Å². The molecule has 0 spiro atoms. The van der Waals surface area contributed by atoms with Crippen LogP contribution in [-0.2, 0) is 4.79 Å². The smallest absolute Gasteiger partial charge is 0.162 e. The SMILES string of the molecule is O=C(CC1=CCCC1)C1=CCCCCC1. The molecule has 2 aliphatic rings. The predicted molar refractivity (Wildman–Crippen MR) is 62.7 cm³/mol. The van der Waals surface area contributed by atoms with Gasteiger partial charge in [0.15, 0.2) is 5.78 Å². The van der Waals surface area contributed by atoms with E-state index in [4.69, 9.17) is 0 Å². The molecule has 0 aliphatic heterocycles. The lowest BCUT2D eigenvalue weighted by Crippen LogP contribution is -2.03. The minimum absolute atomic E-state index is 0.394. The van der Waals surface area contributed by atoms with Crippen LogP contribution >= 0.6 is 0 Å². The van der Waals surface area contributed by atoms with Gasteiger partial charge >= 0.3 is 0 Å². The molecule has 1 heteroatoms. The van der Waals surface area contributed by atoms with Gasteiger partial charge < -0.3 is 0 Å². The van der Waals surface area contributed by atoms with Crippen molar-refractivity contribution in [2.24, 2.45) is 0 Å². The van der Waals surface area contributed by atoms with Gasteiger partial charge in [-0.15, -0.1) is 0 Å². The Morgan fingerprint density at radius 1 is 1.00 bits per heavy atom. The summed E-state index contributed by atoms with van der Waals surface area (Å²) in [5.41, 5.74) is 2.49. The predicted octanol–water partition coefficient (Wildman–Crippen LogP) is 3.95. The quantitative estimate of drug-likeness (QED) is 0.636. The van der Waals surface area contributed by atoms with Crippen LogP contribution in [0.3, 0.4) is 0 Å². The molecule has 0 N–H and O–H groups in total. The number of rotatable bonds is 3. The molecule has 0 unspecified atom stereocenters. The van der Waals surface area contributed by atoms with Crippen LogP contribution < -0.4 is 0 Å². The Bertz CT molecular complexity index is 296. The normalized spacial score (nSPS) is 21.9. The third-order valence-corrected chi connectivity index (χ3v) is 3.42. The van der Waals surface area contributed by atoms with Crippen molar-refractivity contribution < 1.29 is 4.79 Å². The van der Waals surface area contributed by atoms with Crippen LogP contribution in [0.25, 0.3) is 0 Å². The highest BCUT2D eigenvalue weighted by molar-refractivity contribution is 5.96. The molecule has 0 aromatic carbocycles. The van der Waals surface area contributed by atoms with Crippen molar-refractivity contribution >= 4 is 5.78 Å². The van der Waals surface area contributed by atoms with Crippen LogP contribution in [0.5, 0.6) is 0 Å². The molecule has 0 amide bonds. The van der Waals surface area contributed by atoms with Crippen LogP contribution in [-0.4, -0.2) is 5.78 Å². The van der Waals surface area contributed by atoms with E-state index in [-0.39, 0.29) is 0 Å². The van der Waals surface area contributed by atoms with Crippen LogP contribution in [0.1, 0.15) is 57.8 Å². The molecule has 0 heterocycles. The first-order valence-corrected chi connectivity index (χ1v) is 6.26. The Morgan fingerprint density at radius 2 is 1.87 bits per heavy atom. The number of carbonyl (C=O) groups is 1. The average molecular weight is 204 g/mol. The van der Waals surface area contributed by atoms with Gasteiger partial charge in [0.05, 0.1) is 0 Å². The van der Waals surface area contributed by atoms with E-state index in [9.17, 15) is 4.79 Å². The van der Waals surface area contributed by atoms with Gasteiger partial charge in [0.25, 0.3) is 0 Å². The highest BCUT2D eigenvalue weighted by Crippen LogP contribution is 2.25. The summed E-state index contributed by atoms with van der Waals surface area (Å²) in [6.07, 6.45) is 14.6. The van der Waals surface area contributed by atoms with Crippen LogP contribution in [0.15, 0.2) is 23.3 Å². The fraction of sp³-hybridized carbons (Fsp3) is 0.643. The van der Waals surface area contributed by atoms with Crippen molar-refractivity contribution in [1.29, 1.82) is 0 Å². The zero-order valence-corrected chi connectivity index (χ0v) is 9.43. The van der Waals surface area contributed by atoms with E-state index in [1.807, 2.05) is 0 Å². The van der Waals surface area contributed by atoms with Crippen LogP contribution in [0.4, 0.5) is 0 Å². The third-order valence-electron chi connectivity index (χ3n) is 3.42. The molecule has 0 atom stereocenters. The number of allylic oxidation sites excluding steroid dienone is 4. The number of Topliss-reactive ketones (excluding diaryl/α,β-unsaturated/α-hetero) is 1. The van der Waals surface area contributed by atoms with Gasteiger partial charge in [-0.2, -0.15) is 0 Å². The van der Waals surface area contributed by atoms with Gasteiger partial charge in [-0.25, -0.2) is 0 Å². The maximum Gasteiger partial charge on any atom is 0.162 e. The highest BCUT2D eigenvalue weighted by Gasteiger charge is 2.14. The molecule has 0 saturated carbocycles. The summed E-state index contributed by atoms with van der Waals surface area (Å²) in [5, 5.41) is 0. The van der Waals surface area contributed by atoms with E-state index in [1.54, 1.807) is 0 Å². The monoisotopic (exact) mass is 204 g/mol. The Morgan fingerprint density at radius 3 is 2.67 bits per heavy atom. The van der Waals surface area contributed by atoms with E-state index < -0.39 is 0 Å². The zero-order chi connectivity index (χ0) is 10.5. The maximum absolute atomic E-state index is 12.0. The number of hydrogen-bond acceptors (Lipinski definition) is 1. The minimum Gasteiger partial charge on any atom is -0.294 e. The molecule has 1 nitrogen and oxygen atoms in total. The maximum atomic E-state index is 12.0. The molecule has 0 radical (unpaired) electrons. The van der Waals surface area contributed by atoms with Crippen molar-refractivity contribution in [3.63, 3.8) is 0 Å². The molecular formula is C14H20O. The standard InChI is InChI=1S/C14H20O/c15-14(11-12-7-5-6-8-12)13-9-3-1-2-4-10-13/h7,9H,1-6,8,10-11H2. The molecule has 0 bridgehead atoms. The zero-order valence-electron chi connectivity index (χ0n) is 9.43. The number of hydrogen-bond donors (Lipinski definition) is 0. The van der Waals surface area contributed by atoms with E-state index in [1.165, 1.54) is 37.7 Å². The Balaban J connectivity index is 1.91. The lowest BCUT2D eigenvalue weighted by molar-refractivity contribution is -0.115. The van der Waals surface area contributed by atoms with Crippen molar-refractivity contribution in [3.05, 3.63) is 23.3 Å². The number of carbonyl (C=O) groups excluding carboxylic acids is 1. The molecule has 0 saturated heterocycles. The first-order valence-electron chi connectivity index (χ1n) is 6.26. The summed E-state index contributed by atoms with van der Waals surface area (Å²) in [5.74, 6) is 0.394. The molecule has 2 aliphatic carbocycles. The van der Waals surface area contributed by atoms with Gasteiger partial charge in [0, 0.05) is 6.42 Å².